The van der Waals surface area contributed by atoms with Crippen LogP contribution < -0.4 is 0 Å². The molecule has 0 radical (unpaired) electrons. The summed E-state index contributed by atoms with van der Waals surface area (Å²) in [6.07, 6.45) is 7.45. The minimum atomic E-state index is -1.05. The van der Waals surface area contributed by atoms with E-state index in [0.29, 0.717) is 24.5 Å². The Balaban J connectivity index is 1.72. The van der Waals surface area contributed by atoms with Crippen LogP contribution in [0.15, 0.2) is 23.3 Å². The molecule has 4 aliphatic rings. The Morgan fingerprint density at radius 2 is 1.79 bits per heavy atom. The largest absolute Gasteiger partial charge is 0.392 e. The number of ketones is 2. The van der Waals surface area contributed by atoms with E-state index < -0.39 is 17.6 Å². The minimum Gasteiger partial charge on any atom is -0.392 e. The molecular formula is C30H46O4. The number of allylic oxidation sites excluding steroid dienone is 3. The fourth-order valence-corrected chi connectivity index (χ4v) is 9.25. The molecule has 9 atom stereocenters. The van der Waals surface area contributed by atoms with E-state index in [-0.39, 0.29) is 39.8 Å². The molecule has 0 aromatic rings. The average molecular weight is 471 g/mol. The summed E-state index contributed by atoms with van der Waals surface area (Å²) in [6.45, 7) is 16.9. The summed E-state index contributed by atoms with van der Waals surface area (Å²) in [5, 5.41) is 22.8. The van der Waals surface area contributed by atoms with Crippen LogP contribution in [0, 0.1) is 45.3 Å². The van der Waals surface area contributed by atoms with Gasteiger partial charge in [0.25, 0.3) is 0 Å². The van der Waals surface area contributed by atoms with Gasteiger partial charge in [-0.2, -0.15) is 0 Å². The Morgan fingerprint density at radius 1 is 1.15 bits per heavy atom. The zero-order chi connectivity index (χ0) is 25.4. The third kappa shape index (κ3) is 3.30. The number of hydrogen-bond acceptors (Lipinski definition) is 4. The third-order valence-corrected chi connectivity index (χ3v) is 11.6. The molecule has 0 aliphatic heterocycles. The van der Waals surface area contributed by atoms with Gasteiger partial charge in [0.15, 0.2) is 5.78 Å². The number of fused-ring (bicyclic) bond motifs is 5. The molecule has 3 saturated carbocycles. The number of rotatable bonds is 4. The lowest BCUT2D eigenvalue weighted by Crippen LogP contribution is -2.61. The van der Waals surface area contributed by atoms with Crippen molar-refractivity contribution < 1.29 is 19.8 Å². The summed E-state index contributed by atoms with van der Waals surface area (Å²) in [5.41, 5.74) is 1.48. The summed E-state index contributed by atoms with van der Waals surface area (Å²) in [6, 6.07) is 0. The molecule has 0 aromatic heterocycles. The van der Waals surface area contributed by atoms with Crippen molar-refractivity contribution in [3.63, 3.8) is 0 Å². The molecule has 4 rings (SSSR count). The third-order valence-electron chi connectivity index (χ3n) is 11.6. The summed E-state index contributed by atoms with van der Waals surface area (Å²) in [7, 11) is 0. The number of carbonyl (C=O) groups is 2. The van der Waals surface area contributed by atoms with E-state index in [1.807, 2.05) is 20.8 Å². The molecule has 0 heterocycles. The number of aliphatic hydroxyl groups is 2. The van der Waals surface area contributed by atoms with E-state index in [1.165, 1.54) is 5.57 Å². The number of carbonyl (C=O) groups excluding carboxylic acids is 2. The summed E-state index contributed by atoms with van der Waals surface area (Å²) >= 11 is 0. The van der Waals surface area contributed by atoms with Crippen LogP contribution in [0.4, 0.5) is 0 Å². The van der Waals surface area contributed by atoms with Crippen LogP contribution in [0.1, 0.15) is 93.9 Å². The predicted molar refractivity (Wildman–Crippen MR) is 135 cm³/mol. The van der Waals surface area contributed by atoms with Crippen molar-refractivity contribution in [2.75, 3.05) is 0 Å². The summed E-state index contributed by atoms with van der Waals surface area (Å²) in [4.78, 5) is 25.5. The van der Waals surface area contributed by atoms with Crippen molar-refractivity contribution in [1.82, 2.24) is 0 Å². The van der Waals surface area contributed by atoms with E-state index >= 15 is 0 Å². The molecule has 34 heavy (non-hydrogen) atoms. The fourth-order valence-electron chi connectivity index (χ4n) is 9.25. The zero-order valence-corrected chi connectivity index (χ0v) is 22.6. The molecule has 0 saturated heterocycles. The van der Waals surface area contributed by atoms with Gasteiger partial charge in [-0.3, -0.25) is 9.59 Å². The first kappa shape index (κ1) is 25.8. The molecule has 3 fully saturated rings. The quantitative estimate of drug-likeness (QED) is 0.410. The molecular weight excluding hydrogens is 424 g/mol. The Hall–Kier alpha value is -1.26. The van der Waals surface area contributed by atoms with E-state index in [4.69, 9.17) is 0 Å². The first-order valence-corrected chi connectivity index (χ1v) is 13.4. The van der Waals surface area contributed by atoms with Gasteiger partial charge in [-0.05, 0) is 86.5 Å². The standard InChI is InChI=1S/C30H46O4/c1-17(2)15-22(31)26(34)18(3)19-11-14-29(7)20-9-10-23-27(4,5)24(32)12-13-28(23,6)21(20)16-25(33)30(19,29)8/h9,15,18-19,21,23,25-26,33-34H,10-14,16H2,1-8H3. The number of hydrogen-bond donors (Lipinski definition) is 2. The second kappa shape index (κ2) is 8.13. The normalized spacial score (nSPS) is 44.8. The van der Waals surface area contributed by atoms with E-state index in [1.54, 1.807) is 6.08 Å². The molecule has 190 valence electrons. The monoisotopic (exact) mass is 470 g/mol. The lowest BCUT2D eigenvalue weighted by Gasteiger charge is -2.64. The topological polar surface area (TPSA) is 74.6 Å². The molecule has 9 unspecified atom stereocenters. The van der Waals surface area contributed by atoms with Gasteiger partial charge in [0.2, 0.25) is 0 Å². The maximum atomic E-state index is 12.8. The molecule has 0 bridgehead atoms. The molecule has 4 nitrogen and oxygen atoms in total. The average Bonchev–Trinajstić information content (AvgIpc) is 3.03. The van der Waals surface area contributed by atoms with Crippen molar-refractivity contribution in [2.45, 2.75) is 106 Å². The Bertz CT molecular complexity index is 939. The van der Waals surface area contributed by atoms with Gasteiger partial charge in [-0.15, -0.1) is 0 Å². The SMILES string of the molecule is CC(C)=CC(=O)C(O)C(C)C1CCC2(C)C3=CCC4C(C)(C)C(=O)CCC4(C)C3CC(O)C12C. The summed E-state index contributed by atoms with van der Waals surface area (Å²) in [5.74, 6) is 0.569. The van der Waals surface area contributed by atoms with Gasteiger partial charge in [0, 0.05) is 17.3 Å². The van der Waals surface area contributed by atoms with Crippen molar-refractivity contribution in [3.05, 3.63) is 23.3 Å². The van der Waals surface area contributed by atoms with Crippen molar-refractivity contribution in [3.8, 4) is 0 Å². The molecule has 0 aromatic carbocycles. The Labute approximate surface area is 206 Å². The van der Waals surface area contributed by atoms with Crippen LogP contribution in [-0.4, -0.2) is 34.0 Å². The zero-order valence-electron chi connectivity index (χ0n) is 22.6. The lowest BCUT2D eigenvalue weighted by atomic mass is 9.40. The molecule has 0 amide bonds. The van der Waals surface area contributed by atoms with Crippen molar-refractivity contribution in [2.24, 2.45) is 45.3 Å². The highest BCUT2D eigenvalue weighted by molar-refractivity contribution is 5.94. The van der Waals surface area contributed by atoms with E-state index in [9.17, 15) is 19.8 Å². The molecule has 0 spiro atoms. The maximum Gasteiger partial charge on any atom is 0.184 e. The van der Waals surface area contributed by atoms with Crippen LogP contribution in [0.2, 0.25) is 0 Å². The lowest BCUT2D eigenvalue weighted by molar-refractivity contribution is -0.158. The molecule has 4 heteroatoms. The first-order valence-electron chi connectivity index (χ1n) is 13.4. The van der Waals surface area contributed by atoms with Gasteiger partial charge in [0.05, 0.1) is 6.10 Å². The highest BCUT2D eigenvalue weighted by Gasteiger charge is 2.68. The Kier molecular flexibility index (Phi) is 6.17. The first-order chi connectivity index (χ1) is 15.6. The predicted octanol–water partition coefficient (Wildman–Crippen LogP) is 5.66. The van der Waals surface area contributed by atoms with Gasteiger partial charge in [0.1, 0.15) is 11.9 Å². The fraction of sp³-hybridized carbons (Fsp3) is 0.800. The highest BCUT2D eigenvalue weighted by atomic mass is 16.3. The molecule has 2 N–H and O–H groups in total. The van der Waals surface area contributed by atoms with Gasteiger partial charge in [-0.1, -0.05) is 58.8 Å². The van der Waals surface area contributed by atoms with E-state index in [2.05, 4.69) is 40.7 Å². The number of Topliss-reactive ketones (excluding diaryl/α,β-unsaturated/α-hetero) is 1. The van der Waals surface area contributed by atoms with Crippen LogP contribution in [0.5, 0.6) is 0 Å². The summed E-state index contributed by atoms with van der Waals surface area (Å²) < 4.78 is 0. The highest BCUT2D eigenvalue weighted by Crippen LogP contribution is 2.73. The molecule has 4 aliphatic carbocycles. The van der Waals surface area contributed by atoms with Crippen molar-refractivity contribution in [1.29, 1.82) is 0 Å². The van der Waals surface area contributed by atoms with Gasteiger partial charge < -0.3 is 10.2 Å². The second-order valence-electron chi connectivity index (χ2n) is 13.6. The van der Waals surface area contributed by atoms with E-state index in [0.717, 1.165) is 31.3 Å². The smallest absolute Gasteiger partial charge is 0.184 e. The maximum absolute atomic E-state index is 12.8. The van der Waals surface area contributed by atoms with Crippen LogP contribution >= 0.6 is 0 Å². The number of aliphatic hydroxyl groups excluding tert-OH is 2. The van der Waals surface area contributed by atoms with Crippen LogP contribution in [-0.2, 0) is 9.59 Å². The second-order valence-corrected chi connectivity index (χ2v) is 13.6. The van der Waals surface area contributed by atoms with Crippen LogP contribution in [0.3, 0.4) is 0 Å². The van der Waals surface area contributed by atoms with Gasteiger partial charge >= 0.3 is 0 Å². The minimum absolute atomic E-state index is 0.00937. The van der Waals surface area contributed by atoms with Crippen molar-refractivity contribution >= 4 is 11.6 Å². The Morgan fingerprint density at radius 3 is 2.41 bits per heavy atom. The van der Waals surface area contributed by atoms with Gasteiger partial charge in [-0.25, -0.2) is 0 Å². The van der Waals surface area contributed by atoms with Crippen LogP contribution in [0.25, 0.3) is 0 Å².